The van der Waals surface area contributed by atoms with Gasteiger partial charge in [0, 0.05) is 17.9 Å². The average Bonchev–Trinajstić information content (AvgIpc) is 2.17. The fourth-order valence-electron chi connectivity index (χ4n) is 0.781. The second-order valence-corrected chi connectivity index (χ2v) is 2.50. The third-order valence-electron chi connectivity index (χ3n) is 1.42. The van der Waals surface area contributed by atoms with E-state index in [0.29, 0.717) is 11.4 Å². The van der Waals surface area contributed by atoms with Crippen LogP contribution in [0.2, 0.25) is 0 Å². The van der Waals surface area contributed by atoms with Gasteiger partial charge in [0.2, 0.25) is 11.0 Å². The van der Waals surface area contributed by atoms with Crippen LogP contribution in [-0.4, -0.2) is 10.1 Å². The van der Waals surface area contributed by atoms with Gasteiger partial charge >= 0.3 is 0 Å². The van der Waals surface area contributed by atoms with Gasteiger partial charge in [-0.25, -0.2) is 0 Å². The van der Waals surface area contributed by atoms with E-state index in [2.05, 4.69) is 17.9 Å². The maximum absolute atomic E-state index is 10.7. The van der Waals surface area contributed by atoms with E-state index in [0.717, 1.165) is 5.56 Å². The zero-order valence-electron chi connectivity index (χ0n) is 6.21. The third-order valence-corrected chi connectivity index (χ3v) is 1.79. The number of benzene rings is 1. The first kappa shape index (κ1) is 8.86. The standard InChI is InChI=1S/C7H8N2O2S/c10-8-9(11)7-3-1-6(5-12)2-4-7/h1-4,10,12H,5H2. The largest absolute Gasteiger partial charge is 0.592 e. The highest BCUT2D eigenvalue weighted by molar-refractivity contribution is 7.79. The van der Waals surface area contributed by atoms with Crippen LogP contribution in [0.5, 0.6) is 0 Å². The van der Waals surface area contributed by atoms with Gasteiger partial charge < -0.3 is 10.4 Å². The van der Waals surface area contributed by atoms with Crippen molar-refractivity contribution in [2.45, 2.75) is 5.75 Å². The van der Waals surface area contributed by atoms with Crippen LogP contribution in [0, 0.1) is 5.21 Å². The Morgan fingerprint density at radius 2 is 2.00 bits per heavy atom. The molecule has 0 atom stereocenters. The van der Waals surface area contributed by atoms with Crippen LogP contribution in [0.15, 0.2) is 29.5 Å². The Morgan fingerprint density at radius 1 is 1.42 bits per heavy atom. The Morgan fingerprint density at radius 3 is 2.42 bits per heavy atom. The molecular formula is C7H8N2O2S. The highest BCUT2D eigenvalue weighted by atomic mass is 32.1. The van der Waals surface area contributed by atoms with Crippen LogP contribution in [0.4, 0.5) is 5.69 Å². The Balaban J connectivity index is 2.92. The first-order valence-electron chi connectivity index (χ1n) is 3.30. The summed E-state index contributed by atoms with van der Waals surface area (Å²) in [6.45, 7) is 0. The zero-order valence-corrected chi connectivity index (χ0v) is 7.11. The van der Waals surface area contributed by atoms with E-state index in [-0.39, 0.29) is 4.86 Å². The summed E-state index contributed by atoms with van der Waals surface area (Å²) >= 11 is 4.05. The van der Waals surface area contributed by atoms with Gasteiger partial charge in [0.15, 0.2) is 0 Å². The summed E-state index contributed by atoms with van der Waals surface area (Å²) in [5, 5.41) is 21.3. The van der Waals surface area contributed by atoms with Crippen LogP contribution in [0.3, 0.4) is 0 Å². The van der Waals surface area contributed by atoms with Crippen LogP contribution in [0.25, 0.3) is 0 Å². The highest BCUT2D eigenvalue weighted by Crippen LogP contribution is 2.13. The summed E-state index contributed by atoms with van der Waals surface area (Å²) in [6.07, 6.45) is 0. The predicted molar refractivity (Wildman–Crippen MR) is 46.6 cm³/mol. The van der Waals surface area contributed by atoms with Gasteiger partial charge in [0.1, 0.15) is 0 Å². The van der Waals surface area contributed by atoms with Crippen LogP contribution in [0.1, 0.15) is 5.56 Å². The molecule has 0 amide bonds. The van der Waals surface area contributed by atoms with Gasteiger partial charge in [-0.3, -0.25) is 0 Å². The molecule has 0 unspecified atom stereocenters. The fourth-order valence-corrected chi connectivity index (χ4v) is 0.991. The van der Waals surface area contributed by atoms with Crippen molar-refractivity contribution in [2.24, 2.45) is 5.28 Å². The fraction of sp³-hybridized carbons (Fsp3) is 0.143. The van der Waals surface area contributed by atoms with Crippen LogP contribution < -0.4 is 0 Å². The van der Waals surface area contributed by atoms with Gasteiger partial charge in [-0.1, -0.05) is 12.1 Å². The van der Waals surface area contributed by atoms with E-state index in [1.807, 2.05) is 0 Å². The predicted octanol–water partition coefficient (Wildman–Crippen LogP) is 2.10. The molecule has 0 saturated heterocycles. The lowest BCUT2D eigenvalue weighted by atomic mass is 10.2. The molecule has 0 aliphatic heterocycles. The zero-order chi connectivity index (χ0) is 8.97. The van der Waals surface area contributed by atoms with Crippen molar-refractivity contribution in [1.29, 1.82) is 0 Å². The summed E-state index contributed by atoms with van der Waals surface area (Å²) in [7, 11) is 0. The molecule has 1 rings (SSSR count). The molecule has 4 nitrogen and oxygen atoms in total. The quantitative estimate of drug-likeness (QED) is 0.320. The summed E-state index contributed by atoms with van der Waals surface area (Å²) in [4.78, 5) is 0.141. The second-order valence-electron chi connectivity index (χ2n) is 2.19. The topological polar surface area (TPSA) is 58.7 Å². The Labute approximate surface area is 75.1 Å². The summed E-state index contributed by atoms with van der Waals surface area (Å²) in [5.41, 5.74) is 1.30. The van der Waals surface area contributed by atoms with Gasteiger partial charge in [-0.05, 0) is 10.4 Å². The summed E-state index contributed by atoms with van der Waals surface area (Å²) < 4.78 is 0. The number of rotatable bonds is 2. The van der Waals surface area contributed by atoms with E-state index >= 15 is 0 Å². The van der Waals surface area contributed by atoms with Gasteiger partial charge in [0.05, 0.1) is 0 Å². The van der Waals surface area contributed by atoms with Crippen LogP contribution in [-0.2, 0) is 5.75 Å². The minimum absolute atomic E-state index is 0.141. The molecule has 0 radical (unpaired) electrons. The van der Waals surface area contributed by atoms with E-state index in [1.165, 1.54) is 0 Å². The lowest BCUT2D eigenvalue weighted by molar-refractivity contribution is -0.473. The molecule has 0 fully saturated rings. The van der Waals surface area contributed by atoms with E-state index in [1.54, 1.807) is 24.3 Å². The second kappa shape index (κ2) is 3.96. The molecule has 12 heavy (non-hydrogen) atoms. The molecule has 0 aromatic heterocycles. The number of hydrogen-bond acceptors (Lipinski definition) is 3. The smallest absolute Gasteiger partial charge is 0.248 e. The van der Waals surface area contributed by atoms with Crippen LogP contribution >= 0.6 is 12.6 Å². The van der Waals surface area contributed by atoms with Crippen molar-refractivity contribution < 1.29 is 10.1 Å². The van der Waals surface area contributed by atoms with Crippen molar-refractivity contribution >= 4 is 18.3 Å². The molecule has 0 heterocycles. The number of nitrogens with zero attached hydrogens (tertiary/aromatic N) is 2. The van der Waals surface area contributed by atoms with Gasteiger partial charge in [0.25, 0.3) is 0 Å². The van der Waals surface area contributed by atoms with Gasteiger partial charge in [-0.2, -0.15) is 12.6 Å². The maximum Gasteiger partial charge on any atom is 0.248 e. The first-order valence-corrected chi connectivity index (χ1v) is 3.93. The van der Waals surface area contributed by atoms with Gasteiger partial charge in [-0.15, -0.1) is 0 Å². The van der Waals surface area contributed by atoms with E-state index < -0.39 is 0 Å². The van der Waals surface area contributed by atoms with Crippen molar-refractivity contribution in [2.75, 3.05) is 0 Å². The molecule has 0 bridgehead atoms. The van der Waals surface area contributed by atoms with E-state index in [4.69, 9.17) is 5.21 Å². The monoisotopic (exact) mass is 184 g/mol. The Bertz CT molecular complexity index is 284. The highest BCUT2D eigenvalue weighted by Gasteiger charge is 2.01. The lowest BCUT2D eigenvalue weighted by Gasteiger charge is -1.97. The first-order chi connectivity index (χ1) is 5.77. The Kier molecular flexibility index (Phi) is 2.93. The average molecular weight is 184 g/mol. The lowest BCUT2D eigenvalue weighted by Crippen LogP contribution is -1.90. The molecule has 0 saturated carbocycles. The van der Waals surface area contributed by atoms with Crippen molar-refractivity contribution in [3.05, 3.63) is 35.0 Å². The Hall–Kier alpha value is -1.23. The molecule has 0 aliphatic carbocycles. The number of hydrogen-bond donors (Lipinski definition) is 2. The van der Waals surface area contributed by atoms with Crippen molar-refractivity contribution in [1.82, 2.24) is 0 Å². The minimum Gasteiger partial charge on any atom is -0.592 e. The minimum atomic E-state index is 0.141. The maximum atomic E-state index is 10.7. The third kappa shape index (κ3) is 1.88. The van der Waals surface area contributed by atoms with E-state index in [9.17, 15) is 5.21 Å². The molecule has 5 heteroatoms. The molecule has 1 aromatic rings. The normalized spacial score (nSPS) is 11.6. The molecule has 0 spiro atoms. The molecule has 64 valence electrons. The molecule has 1 N–H and O–H groups in total. The van der Waals surface area contributed by atoms with Crippen molar-refractivity contribution in [3.63, 3.8) is 0 Å². The number of thiol groups is 1. The molecule has 1 aromatic carbocycles. The molecule has 0 aliphatic rings. The summed E-state index contributed by atoms with van der Waals surface area (Å²) in [6, 6.07) is 6.63. The SMILES string of the molecule is [O-][N+](=NO)c1ccc(CS)cc1. The molecular weight excluding hydrogens is 176 g/mol. The van der Waals surface area contributed by atoms with Crippen molar-refractivity contribution in [3.8, 4) is 0 Å². The summed E-state index contributed by atoms with van der Waals surface area (Å²) in [5.74, 6) is 0.620.